The van der Waals surface area contributed by atoms with E-state index in [4.69, 9.17) is 9.47 Å². The first-order valence-electron chi connectivity index (χ1n) is 13.0. The van der Waals surface area contributed by atoms with Crippen LogP contribution in [0.1, 0.15) is 34.5 Å². The summed E-state index contributed by atoms with van der Waals surface area (Å²) in [5.41, 5.74) is 5.78. The molecule has 196 valence electrons. The smallest absolute Gasteiger partial charge is 0.252 e. The Balaban J connectivity index is 1.27. The van der Waals surface area contributed by atoms with Crippen molar-refractivity contribution in [1.82, 2.24) is 20.0 Å². The van der Waals surface area contributed by atoms with Crippen molar-refractivity contribution in [2.45, 2.75) is 19.9 Å². The lowest BCUT2D eigenvalue weighted by atomic mass is 10.0. The number of carbonyl (C=O) groups is 1. The monoisotopic (exact) mass is 503 g/mol. The van der Waals surface area contributed by atoms with Crippen LogP contribution >= 0.6 is 0 Å². The minimum absolute atomic E-state index is 0.0683. The number of ether oxygens (including phenoxy) is 2. The summed E-state index contributed by atoms with van der Waals surface area (Å²) in [6, 6.07) is 12.1. The third kappa shape index (κ3) is 5.81. The maximum Gasteiger partial charge on any atom is 0.252 e. The number of carbonyl (C=O) groups excluding carboxylic acids is 1. The number of nitrogens with one attached hydrogen (secondary N) is 1. The second-order valence-electron chi connectivity index (χ2n) is 10.3. The lowest BCUT2D eigenvalue weighted by Gasteiger charge is -2.39. The molecule has 1 atom stereocenters. The molecular weight excluding hydrogens is 466 g/mol. The van der Waals surface area contributed by atoms with E-state index in [9.17, 15) is 4.79 Å². The molecule has 0 bridgehead atoms. The van der Waals surface area contributed by atoms with Crippen LogP contribution in [0.4, 0.5) is 5.69 Å². The number of nitrogens with zero attached hydrogens (tertiary/aromatic N) is 4. The Labute approximate surface area is 219 Å². The first-order valence-corrected chi connectivity index (χ1v) is 13.0. The van der Waals surface area contributed by atoms with E-state index in [1.807, 2.05) is 51.5 Å². The number of aromatic nitrogens is 2. The molecule has 0 radical (unpaired) electrons. The van der Waals surface area contributed by atoms with Crippen LogP contribution < -0.4 is 15.0 Å². The highest BCUT2D eigenvalue weighted by molar-refractivity contribution is 5.97. The van der Waals surface area contributed by atoms with Crippen molar-refractivity contribution >= 4 is 11.6 Å². The highest BCUT2D eigenvalue weighted by Crippen LogP contribution is 2.29. The Hall–Kier alpha value is -3.36. The summed E-state index contributed by atoms with van der Waals surface area (Å²) < 4.78 is 12.6. The van der Waals surface area contributed by atoms with Crippen molar-refractivity contribution in [3.8, 4) is 16.9 Å². The van der Waals surface area contributed by atoms with E-state index in [1.54, 1.807) is 11.8 Å². The maximum absolute atomic E-state index is 13.4. The summed E-state index contributed by atoms with van der Waals surface area (Å²) in [5, 5.41) is 7.49. The summed E-state index contributed by atoms with van der Waals surface area (Å²) in [6.07, 6.45) is 3.80. The molecule has 1 unspecified atom stereocenters. The molecule has 2 aliphatic heterocycles. The third-order valence-electron chi connectivity index (χ3n) is 7.48. The topological polar surface area (TPSA) is 71.9 Å². The first-order chi connectivity index (χ1) is 17.9. The van der Waals surface area contributed by atoms with Gasteiger partial charge in [-0.3, -0.25) is 14.4 Å². The molecule has 37 heavy (non-hydrogen) atoms. The Morgan fingerprint density at radius 2 is 1.92 bits per heavy atom. The van der Waals surface area contributed by atoms with E-state index in [-0.39, 0.29) is 11.9 Å². The number of piperazine rings is 1. The molecule has 8 nitrogen and oxygen atoms in total. The van der Waals surface area contributed by atoms with Crippen LogP contribution in [0, 0.1) is 12.8 Å². The average molecular weight is 504 g/mol. The Morgan fingerprint density at radius 1 is 1.14 bits per heavy atom. The van der Waals surface area contributed by atoms with E-state index >= 15 is 0 Å². The average Bonchev–Trinajstić information content (AvgIpc) is 3.33. The molecule has 1 amide bonds. The van der Waals surface area contributed by atoms with Gasteiger partial charge in [0.05, 0.1) is 32.6 Å². The number of hydrogen-bond acceptors (Lipinski definition) is 6. The fourth-order valence-corrected chi connectivity index (χ4v) is 5.08. The largest absolute Gasteiger partial charge is 0.497 e. The van der Waals surface area contributed by atoms with Crippen molar-refractivity contribution in [1.29, 1.82) is 0 Å². The molecule has 2 saturated heterocycles. The molecule has 2 aliphatic rings. The van der Waals surface area contributed by atoms with Crippen molar-refractivity contribution in [2.75, 3.05) is 57.9 Å². The van der Waals surface area contributed by atoms with Gasteiger partial charge in [-0.1, -0.05) is 6.07 Å². The van der Waals surface area contributed by atoms with Crippen LogP contribution in [0.5, 0.6) is 5.75 Å². The molecule has 2 aromatic carbocycles. The zero-order valence-electron chi connectivity index (χ0n) is 22.2. The number of methoxy groups -OCH3 is 1. The van der Waals surface area contributed by atoms with Crippen molar-refractivity contribution < 1.29 is 14.3 Å². The third-order valence-corrected chi connectivity index (χ3v) is 7.48. The molecular formula is C29H37N5O3. The van der Waals surface area contributed by atoms with Gasteiger partial charge < -0.3 is 19.7 Å². The van der Waals surface area contributed by atoms with Gasteiger partial charge in [0, 0.05) is 68.7 Å². The molecule has 5 rings (SSSR count). The number of hydrogen-bond donors (Lipinski definition) is 1. The van der Waals surface area contributed by atoms with Crippen LogP contribution in [0.3, 0.4) is 0 Å². The van der Waals surface area contributed by atoms with Gasteiger partial charge in [-0.05, 0) is 60.9 Å². The molecule has 1 aromatic heterocycles. The van der Waals surface area contributed by atoms with Gasteiger partial charge in [0.1, 0.15) is 5.75 Å². The highest BCUT2D eigenvalue weighted by atomic mass is 16.5. The van der Waals surface area contributed by atoms with Gasteiger partial charge >= 0.3 is 0 Å². The second-order valence-corrected chi connectivity index (χ2v) is 10.3. The van der Waals surface area contributed by atoms with Crippen LogP contribution in [0.15, 0.2) is 48.8 Å². The molecule has 8 heteroatoms. The predicted molar refractivity (Wildman–Crippen MR) is 145 cm³/mol. The molecule has 2 fully saturated rings. The van der Waals surface area contributed by atoms with Gasteiger partial charge in [0.15, 0.2) is 0 Å². The number of anilines is 1. The molecule has 3 heterocycles. The van der Waals surface area contributed by atoms with Crippen LogP contribution in [0.25, 0.3) is 11.1 Å². The Bertz CT molecular complexity index is 1240. The summed E-state index contributed by atoms with van der Waals surface area (Å²) in [4.78, 5) is 18.3. The van der Waals surface area contributed by atoms with Crippen molar-refractivity contribution in [2.24, 2.45) is 13.0 Å². The van der Waals surface area contributed by atoms with Crippen molar-refractivity contribution in [3.05, 3.63) is 65.5 Å². The lowest BCUT2D eigenvalue weighted by molar-refractivity contribution is -0.0468. The van der Waals surface area contributed by atoms with Gasteiger partial charge in [0.25, 0.3) is 5.91 Å². The summed E-state index contributed by atoms with van der Waals surface area (Å²) >= 11 is 0. The fourth-order valence-electron chi connectivity index (χ4n) is 5.08. The maximum atomic E-state index is 13.4. The normalized spacial score (nSPS) is 17.4. The fraction of sp³-hybridized carbons (Fsp3) is 0.448. The SMILES string of the molecule is COc1cc(-c2cnn(C)c2)cc(C(C)NC(=O)c2cc(N3CCN(CC4COC4)CC3)ccc2C)c1. The van der Waals surface area contributed by atoms with E-state index in [0.29, 0.717) is 11.5 Å². The predicted octanol–water partition coefficient (Wildman–Crippen LogP) is 3.66. The highest BCUT2D eigenvalue weighted by Gasteiger charge is 2.25. The second kappa shape index (κ2) is 10.9. The molecule has 0 aliphatic carbocycles. The van der Waals surface area contributed by atoms with E-state index in [0.717, 1.165) is 79.6 Å². The van der Waals surface area contributed by atoms with Crippen molar-refractivity contribution in [3.63, 3.8) is 0 Å². The molecule has 0 saturated carbocycles. The van der Waals surface area contributed by atoms with Crippen LogP contribution in [-0.4, -0.2) is 73.6 Å². The van der Waals surface area contributed by atoms with E-state index < -0.39 is 0 Å². The standard InChI is InChI=1S/C29H37N5O3/c1-20-5-6-26(34-9-7-33(8-10-34)16-22-18-37-19-22)14-28(20)29(35)31-21(2)23-11-24(13-27(12-23)36-4)25-15-30-32(3)17-25/h5-6,11-15,17,21-22H,7-10,16,18-19H2,1-4H3,(H,31,35). The number of aryl methyl sites for hydroxylation is 2. The number of benzene rings is 2. The zero-order chi connectivity index (χ0) is 25.9. The van der Waals surface area contributed by atoms with Crippen LogP contribution in [0.2, 0.25) is 0 Å². The van der Waals surface area contributed by atoms with Gasteiger partial charge in [-0.15, -0.1) is 0 Å². The van der Waals surface area contributed by atoms with Gasteiger partial charge in [-0.2, -0.15) is 5.10 Å². The number of amides is 1. The Morgan fingerprint density at radius 3 is 2.57 bits per heavy atom. The van der Waals surface area contributed by atoms with E-state index in [1.165, 1.54) is 0 Å². The molecule has 0 spiro atoms. The minimum Gasteiger partial charge on any atom is -0.497 e. The van der Waals surface area contributed by atoms with Crippen LogP contribution in [-0.2, 0) is 11.8 Å². The lowest BCUT2D eigenvalue weighted by Crippen LogP contribution is -2.50. The molecule has 1 N–H and O–H groups in total. The summed E-state index contributed by atoms with van der Waals surface area (Å²) in [5.74, 6) is 1.37. The molecule has 3 aromatic rings. The van der Waals surface area contributed by atoms with Gasteiger partial charge in [-0.25, -0.2) is 0 Å². The van der Waals surface area contributed by atoms with E-state index in [2.05, 4.69) is 38.4 Å². The minimum atomic E-state index is -0.194. The summed E-state index contributed by atoms with van der Waals surface area (Å²) in [6.45, 7) is 10.9. The first kappa shape index (κ1) is 25.3. The summed E-state index contributed by atoms with van der Waals surface area (Å²) in [7, 11) is 3.56. The van der Waals surface area contributed by atoms with Gasteiger partial charge in [0.2, 0.25) is 0 Å². The quantitative estimate of drug-likeness (QED) is 0.506. The Kier molecular flexibility index (Phi) is 7.48. The number of rotatable bonds is 8. The zero-order valence-corrected chi connectivity index (χ0v) is 22.2.